The second-order valence-electron chi connectivity index (χ2n) is 5.89. The Bertz CT molecular complexity index is 354. The first-order valence-corrected chi connectivity index (χ1v) is 6.89. The van der Waals surface area contributed by atoms with Gasteiger partial charge in [0.25, 0.3) is 0 Å². The molecule has 2 saturated heterocycles. The summed E-state index contributed by atoms with van der Waals surface area (Å²) in [5.41, 5.74) is 3.00. The molecule has 1 aromatic carbocycles. The molecule has 0 nitrogen and oxygen atoms in total. The zero-order valence-electron chi connectivity index (χ0n) is 10.3. The van der Waals surface area contributed by atoms with Gasteiger partial charge >= 0.3 is 0 Å². The van der Waals surface area contributed by atoms with Crippen LogP contribution in [0, 0.1) is 6.92 Å². The van der Waals surface area contributed by atoms with Crippen LogP contribution >= 0.6 is 0 Å². The van der Waals surface area contributed by atoms with Crippen molar-refractivity contribution in [1.29, 1.82) is 0 Å². The van der Waals surface area contributed by atoms with Gasteiger partial charge in [-0.3, -0.25) is 0 Å². The summed E-state index contributed by atoms with van der Waals surface area (Å²) in [4.78, 5) is 0. The van der Waals surface area contributed by atoms with Crippen LogP contribution in [0.1, 0.15) is 49.1 Å². The molecule has 0 spiro atoms. The van der Waals surface area contributed by atoms with E-state index in [4.69, 9.17) is 0 Å². The summed E-state index contributed by atoms with van der Waals surface area (Å²) in [6, 6.07) is 9.30. The average molecular weight is 212 g/mol. The van der Waals surface area contributed by atoms with Crippen molar-refractivity contribution < 1.29 is 0 Å². The normalized spacial score (nSPS) is 33.2. The second-order valence-corrected chi connectivity index (χ2v) is 5.89. The lowest BCUT2D eigenvalue weighted by Gasteiger charge is -2.39. The maximum Gasteiger partial charge on any atom is 0.128 e. The Balaban J connectivity index is 1.81. The minimum Gasteiger partial charge on any atom is -0.0654 e. The molecule has 1 heteroatoms. The highest BCUT2D eigenvalue weighted by atomic mass is 14.3. The quantitative estimate of drug-likeness (QED) is 0.615. The predicted octanol–water partition coefficient (Wildman–Crippen LogP) is 4.07. The van der Waals surface area contributed by atoms with E-state index >= 15 is 0 Å². The monoisotopic (exact) mass is 212 g/mol. The van der Waals surface area contributed by atoms with Crippen LogP contribution in [0.3, 0.4) is 0 Å². The summed E-state index contributed by atoms with van der Waals surface area (Å²) in [5, 5.41) is 0. The van der Waals surface area contributed by atoms with Gasteiger partial charge in [0, 0.05) is 0 Å². The molecule has 3 unspecified atom stereocenters. The number of hydrogen-bond acceptors (Lipinski definition) is 0. The van der Waals surface area contributed by atoms with Crippen LogP contribution in [-0.2, 0) is 0 Å². The Morgan fingerprint density at radius 1 is 1.00 bits per heavy atom. The van der Waals surface area contributed by atoms with E-state index < -0.39 is 0 Å². The van der Waals surface area contributed by atoms with Gasteiger partial charge in [-0.25, -0.2) is 0 Å². The molecule has 1 aromatic rings. The molecular weight excluding hydrogens is 191 g/mol. The maximum absolute atomic E-state index is 2.37. The van der Waals surface area contributed by atoms with Crippen molar-refractivity contribution in [3.63, 3.8) is 0 Å². The first-order valence-electron chi connectivity index (χ1n) is 6.89. The van der Waals surface area contributed by atoms with Crippen molar-refractivity contribution >= 4 is 7.28 Å². The molecule has 0 saturated carbocycles. The molecule has 2 aliphatic heterocycles. The van der Waals surface area contributed by atoms with Crippen LogP contribution in [0.2, 0.25) is 11.6 Å². The lowest BCUT2D eigenvalue weighted by molar-refractivity contribution is 0.410. The van der Waals surface area contributed by atoms with E-state index in [2.05, 4.69) is 31.2 Å². The van der Waals surface area contributed by atoms with Crippen molar-refractivity contribution in [2.24, 2.45) is 0 Å². The highest BCUT2D eigenvalue weighted by Gasteiger charge is 2.34. The van der Waals surface area contributed by atoms with Gasteiger partial charge in [0.05, 0.1) is 0 Å². The lowest BCUT2D eigenvalue weighted by Crippen LogP contribution is -2.27. The topological polar surface area (TPSA) is 0 Å². The van der Waals surface area contributed by atoms with E-state index in [1.54, 1.807) is 5.56 Å². The number of fused-ring (bicyclic) bond motifs is 2. The highest BCUT2D eigenvalue weighted by Crippen LogP contribution is 2.49. The van der Waals surface area contributed by atoms with Gasteiger partial charge in [0.2, 0.25) is 0 Å². The third-order valence-corrected chi connectivity index (χ3v) is 4.78. The summed E-state index contributed by atoms with van der Waals surface area (Å²) in [6.45, 7) is 2.18. The molecule has 84 valence electrons. The van der Waals surface area contributed by atoms with Crippen LogP contribution in [-0.4, -0.2) is 7.28 Å². The minimum atomic E-state index is 0.872. The maximum atomic E-state index is 2.37. The standard InChI is InChI=1S/C15H21B/c1-11-5-7-12(8-6-11)14-10-9-13-3-2-4-15(14)16-13/h5-8,13-16H,2-4,9-10H2,1H3. The largest absolute Gasteiger partial charge is 0.128 e. The van der Waals surface area contributed by atoms with E-state index in [1.807, 2.05) is 0 Å². The molecule has 16 heavy (non-hydrogen) atoms. The van der Waals surface area contributed by atoms with Crippen LogP contribution in [0.15, 0.2) is 24.3 Å². The molecule has 2 aliphatic rings. The van der Waals surface area contributed by atoms with E-state index in [1.165, 1.54) is 44.9 Å². The highest BCUT2D eigenvalue weighted by molar-refractivity contribution is 6.40. The van der Waals surface area contributed by atoms with E-state index in [0.29, 0.717) is 0 Å². The molecule has 2 heterocycles. The van der Waals surface area contributed by atoms with Crippen LogP contribution < -0.4 is 0 Å². The molecular formula is C15H21B. The van der Waals surface area contributed by atoms with Gasteiger partial charge in [-0.05, 0) is 24.8 Å². The number of aryl methyl sites for hydroxylation is 1. The summed E-state index contributed by atoms with van der Waals surface area (Å²) in [5.74, 6) is 2.94. The zero-order chi connectivity index (χ0) is 11.0. The zero-order valence-corrected chi connectivity index (χ0v) is 10.3. The number of benzene rings is 1. The Labute approximate surface area is 99.7 Å². The molecule has 2 bridgehead atoms. The van der Waals surface area contributed by atoms with E-state index in [-0.39, 0.29) is 0 Å². The van der Waals surface area contributed by atoms with Gasteiger partial charge in [-0.1, -0.05) is 67.1 Å². The van der Waals surface area contributed by atoms with Crippen molar-refractivity contribution in [2.75, 3.05) is 0 Å². The van der Waals surface area contributed by atoms with Crippen molar-refractivity contribution in [3.8, 4) is 0 Å². The first kappa shape index (κ1) is 10.4. The second kappa shape index (κ2) is 4.27. The third-order valence-electron chi connectivity index (χ3n) is 4.78. The third kappa shape index (κ3) is 1.92. The molecule has 0 aromatic heterocycles. The van der Waals surface area contributed by atoms with Gasteiger partial charge in [-0.15, -0.1) is 0 Å². The molecule has 0 aliphatic carbocycles. The SMILES string of the molecule is Cc1ccc(C2CCC3BC2CCC3)cc1. The molecule has 3 atom stereocenters. The smallest absolute Gasteiger partial charge is 0.0654 e. The lowest BCUT2D eigenvalue weighted by atomic mass is 9.41. The van der Waals surface area contributed by atoms with Crippen LogP contribution in [0.5, 0.6) is 0 Å². The van der Waals surface area contributed by atoms with Gasteiger partial charge in [0.15, 0.2) is 0 Å². The molecule has 0 radical (unpaired) electrons. The summed E-state index contributed by atoms with van der Waals surface area (Å²) < 4.78 is 0. The van der Waals surface area contributed by atoms with Gasteiger partial charge in [-0.2, -0.15) is 0 Å². The fourth-order valence-corrected chi connectivity index (χ4v) is 3.86. The molecule has 3 rings (SSSR count). The Morgan fingerprint density at radius 3 is 2.62 bits per heavy atom. The summed E-state index contributed by atoms with van der Waals surface area (Å²) >= 11 is 0. The van der Waals surface area contributed by atoms with Gasteiger partial charge in [0.1, 0.15) is 7.28 Å². The van der Waals surface area contributed by atoms with Crippen LogP contribution in [0.25, 0.3) is 0 Å². The molecule has 0 N–H and O–H groups in total. The summed E-state index contributed by atoms with van der Waals surface area (Å²) in [6.07, 6.45) is 7.40. The molecule has 2 fully saturated rings. The van der Waals surface area contributed by atoms with Crippen molar-refractivity contribution in [3.05, 3.63) is 35.4 Å². The first-order chi connectivity index (χ1) is 7.83. The van der Waals surface area contributed by atoms with Gasteiger partial charge < -0.3 is 0 Å². The fraction of sp³-hybridized carbons (Fsp3) is 0.600. The van der Waals surface area contributed by atoms with E-state index in [0.717, 1.165) is 17.6 Å². The number of hydrogen-bond donors (Lipinski definition) is 0. The molecule has 0 amide bonds. The average Bonchev–Trinajstić information content (AvgIpc) is 2.31. The van der Waals surface area contributed by atoms with Crippen molar-refractivity contribution in [1.82, 2.24) is 0 Å². The minimum absolute atomic E-state index is 0.872. The number of rotatable bonds is 1. The Morgan fingerprint density at radius 2 is 1.81 bits per heavy atom. The van der Waals surface area contributed by atoms with E-state index in [9.17, 15) is 0 Å². The Hall–Kier alpha value is -0.715. The van der Waals surface area contributed by atoms with Crippen molar-refractivity contribution in [2.45, 2.75) is 56.6 Å². The van der Waals surface area contributed by atoms with Crippen LogP contribution in [0.4, 0.5) is 0 Å². The fourth-order valence-electron chi connectivity index (χ4n) is 3.86. The predicted molar refractivity (Wildman–Crippen MR) is 71.7 cm³/mol. The Kier molecular flexibility index (Phi) is 2.79. The summed E-state index contributed by atoms with van der Waals surface area (Å²) in [7, 11) is 1.51.